The number of aromatic nitrogens is 1. The van der Waals surface area contributed by atoms with Crippen molar-refractivity contribution in [1.29, 1.82) is 0 Å². The molecule has 1 aromatic carbocycles. The molecule has 0 saturated carbocycles. The van der Waals surface area contributed by atoms with Gasteiger partial charge >= 0.3 is 0 Å². The van der Waals surface area contributed by atoms with Crippen LogP contribution < -0.4 is 10.6 Å². The van der Waals surface area contributed by atoms with Crippen LogP contribution in [0.5, 0.6) is 0 Å². The van der Waals surface area contributed by atoms with Gasteiger partial charge in [-0.3, -0.25) is 0 Å². The third-order valence-electron chi connectivity index (χ3n) is 4.07. The molecule has 0 spiro atoms. The third kappa shape index (κ3) is 2.80. The Hall–Kier alpha value is -1.16. The molecule has 0 amide bonds. The summed E-state index contributed by atoms with van der Waals surface area (Å²) < 4.78 is 0. The van der Waals surface area contributed by atoms with Crippen LogP contribution in [0.2, 0.25) is 5.15 Å². The largest absolute Gasteiger partial charge is 0.315 e. The van der Waals surface area contributed by atoms with E-state index in [1.807, 2.05) is 0 Å². The van der Waals surface area contributed by atoms with Gasteiger partial charge in [0.1, 0.15) is 5.15 Å². The van der Waals surface area contributed by atoms with Crippen molar-refractivity contribution >= 4 is 22.5 Å². The molecule has 3 nitrogen and oxygen atoms in total. The van der Waals surface area contributed by atoms with E-state index in [-0.39, 0.29) is 5.54 Å². The first-order valence-electron chi connectivity index (χ1n) is 7.07. The summed E-state index contributed by atoms with van der Waals surface area (Å²) in [4.78, 5) is 4.51. The molecule has 0 bridgehead atoms. The molecule has 1 fully saturated rings. The van der Waals surface area contributed by atoms with E-state index in [0.29, 0.717) is 5.15 Å². The van der Waals surface area contributed by atoms with Gasteiger partial charge in [-0.1, -0.05) is 23.7 Å². The Labute approximate surface area is 124 Å². The van der Waals surface area contributed by atoms with E-state index in [1.54, 1.807) is 0 Å². The summed E-state index contributed by atoms with van der Waals surface area (Å²) in [5, 5.41) is 8.74. The van der Waals surface area contributed by atoms with E-state index in [1.165, 1.54) is 5.56 Å². The second-order valence-electron chi connectivity index (χ2n) is 5.98. The molecule has 1 aliphatic rings. The summed E-state index contributed by atoms with van der Waals surface area (Å²) in [6, 6.07) is 8.43. The van der Waals surface area contributed by atoms with Gasteiger partial charge in [-0.05, 0) is 44.5 Å². The quantitative estimate of drug-likeness (QED) is 0.853. The highest BCUT2D eigenvalue weighted by Gasteiger charge is 2.27. The summed E-state index contributed by atoms with van der Waals surface area (Å²) in [7, 11) is 0. The van der Waals surface area contributed by atoms with Crippen molar-refractivity contribution in [2.45, 2.75) is 32.4 Å². The van der Waals surface area contributed by atoms with Gasteiger partial charge in [0.2, 0.25) is 0 Å². The van der Waals surface area contributed by atoms with Crippen molar-refractivity contribution in [2.24, 2.45) is 0 Å². The van der Waals surface area contributed by atoms with Crippen LogP contribution in [0.15, 0.2) is 24.3 Å². The molecule has 1 aliphatic heterocycles. The lowest BCUT2D eigenvalue weighted by Crippen LogP contribution is -2.43. The van der Waals surface area contributed by atoms with E-state index in [0.717, 1.165) is 42.5 Å². The Balaban J connectivity index is 1.84. The van der Waals surface area contributed by atoms with Crippen LogP contribution in [-0.2, 0) is 6.54 Å². The molecule has 2 N–H and O–H groups in total. The molecular weight excluding hydrogens is 270 g/mol. The maximum absolute atomic E-state index is 6.32. The van der Waals surface area contributed by atoms with Gasteiger partial charge < -0.3 is 10.6 Å². The minimum atomic E-state index is 0.158. The molecule has 20 heavy (non-hydrogen) atoms. The SMILES string of the molecule is Cc1ccc2cc(CNC3(C)CCNC3)c(Cl)nc2c1. The third-order valence-corrected chi connectivity index (χ3v) is 4.40. The highest BCUT2D eigenvalue weighted by atomic mass is 35.5. The smallest absolute Gasteiger partial charge is 0.134 e. The van der Waals surface area contributed by atoms with Crippen LogP contribution in [0.4, 0.5) is 0 Å². The maximum atomic E-state index is 6.32. The van der Waals surface area contributed by atoms with Crippen molar-refractivity contribution in [3.63, 3.8) is 0 Å². The second-order valence-corrected chi connectivity index (χ2v) is 6.33. The number of rotatable bonds is 3. The lowest BCUT2D eigenvalue weighted by molar-refractivity contribution is 0.385. The summed E-state index contributed by atoms with van der Waals surface area (Å²) >= 11 is 6.32. The summed E-state index contributed by atoms with van der Waals surface area (Å²) in [6.45, 7) is 7.16. The van der Waals surface area contributed by atoms with Crippen LogP contribution in [0, 0.1) is 6.92 Å². The molecule has 1 unspecified atom stereocenters. The number of nitrogens with zero attached hydrogens (tertiary/aromatic N) is 1. The Morgan fingerprint density at radius 1 is 1.40 bits per heavy atom. The second kappa shape index (κ2) is 5.32. The molecule has 2 aromatic rings. The fourth-order valence-electron chi connectivity index (χ4n) is 2.70. The minimum Gasteiger partial charge on any atom is -0.315 e. The number of pyridine rings is 1. The van der Waals surface area contributed by atoms with E-state index < -0.39 is 0 Å². The highest BCUT2D eigenvalue weighted by Crippen LogP contribution is 2.23. The van der Waals surface area contributed by atoms with Gasteiger partial charge in [0.05, 0.1) is 5.52 Å². The van der Waals surface area contributed by atoms with Crippen LogP contribution in [0.3, 0.4) is 0 Å². The summed E-state index contributed by atoms with van der Waals surface area (Å²) in [5.74, 6) is 0. The number of fused-ring (bicyclic) bond motifs is 1. The average Bonchev–Trinajstić information content (AvgIpc) is 2.84. The standard InChI is InChI=1S/C16H20ClN3/c1-11-3-4-12-8-13(15(17)20-14(12)7-11)9-19-16(2)5-6-18-10-16/h3-4,7-8,18-19H,5-6,9-10H2,1-2H3. The van der Waals surface area contributed by atoms with Crippen molar-refractivity contribution < 1.29 is 0 Å². The van der Waals surface area contributed by atoms with Crippen molar-refractivity contribution in [3.05, 3.63) is 40.5 Å². The maximum Gasteiger partial charge on any atom is 0.134 e. The monoisotopic (exact) mass is 289 g/mol. The number of hydrogen-bond acceptors (Lipinski definition) is 3. The van der Waals surface area contributed by atoms with Crippen LogP contribution >= 0.6 is 11.6 Å². The zero-order valence-corrected chi connectivity index (χ0v) is 12.7. The molecule has 2 heterocycles. The Bertz CT molecular complexity index is 633. The van der Waals surface area contributed by atoms with Gasteiger partial charge in [-0.25, -0.2) is 4.98 Å². The van der Waals surface area contributed by atoms with E-state index in [4.69, 9.17) is 11.6 Å². The summed E-state index contributed by atoms with van der Waals surface area (Å²) in [5.41, 5.74) is 3.39. The molecule has 1 aromatic heterocycles. The highest BCUT2D eigenvalue weighted by molar-refractivity contribution is 6.30. The molecule has 106 valence electrons. The zero-order chi connectivity index (χ0) is 14.2. The summed E-state index contributed by atoms with van der Waals surface area (Å²) in [6.07, 6.45) is 1.14. The van der Waals surface area contributed by atoms with Crippen LogP contribution in [0.1, 0.15) is 24.5 Å². The van der Waals surface area contributed by atoms with Gasteiger partial charge in [0.25, 0.3) is 0 Å². The Morgan fingerprint density at radius 3 is 3.00 bits per heavy atom. The van der Waals surface area contributed by atoms with Gasteiger partial charge in [-0.15, -0.1) is 0 Å². The average molecular weight is 290 g/mol. The molecule has 0 aliphatic carbocycles. The van der Waals surface area contributed by atoms with Crippen molar-refractivity contribution in [3.8, 4) is 0 Å². The van der Waals surface area contributed by atoms with Crippen molar-refractivity contribution in [2.75, 3.05) is 13.1 Å². The molecule has 4 heteroatoms. The first-order valence-corrected chi connectivity index (χ1v) is 7.45. The number of halogens is 1. The van der Waals surface area contributed by atoms with Gasteiger partial charge in [0, 0.05) is 29.6 Å². The Morgan fingerprint density at radius 2 is 2.25 bits per heavy atom. The molecule has 3 rings (SSSR count). The van der Waals surface area contributed by atoms with Crippen LogP contribution in [0.25, 0.3) is 10.9 Å². The van der Waals surface area contributed by atoms with Gasteiger partial charge in [-0.2, -0.15) is 0 Å². The first kappa shape index (κ1) is 13.8. The predicted octanol–water partition coefficient (Wildman–Crippen LogP) is 3.04. The number of aryl methyl sites for hydroxylation is 1. The molecule has 1 atom stereocenters. The molecule has 1 saturated heterocycles. The number of nitrogens with one attached hydrogen (secondary N) is 2. The van der Waals surface area contributed by atoms with E-state index in [9.17, 15) is 0 Å². The number of benzene rings is 1. The molecule has 0 radical (unpaired) electrons. The first-order chi connectivity index (χ1) is 9.56. The van der Waals surface area contributed by atoms with E-state index in [2.05, 4.69) is 53.7 Å². The topological polar surface area (TPSA) is 37.0 Å². The van der Waals surface area contributed by atoms with Crippen molar-refractivity contribution in [1.82, 2.24) is 15.6 Å². The predicted molar refractivity (Wildman–Crippen MR) is 84.2 cm³/mol. The number of hydrogen-bond donors (Lipinski definition) is 2. The van der Waals surface area contributed by atoms with E-state index >= 15 is 0 Å². The normalized spacial score (nSPS) is 22.6. The molecular formula is C16H20ClN3. The lowest BCUT2D eigenvalue weighted by atomic mass is 10.0. The Kier molecular flexibility index (Phi) is 3.67. The fraction of sp³-hybridized carbons (Fsp3) is 0.438. The van der Waals surface area contributed by atoms with Crippen LogP contribution in [-0.4, -0.2) is 23.6 Å². The minimum absolute atomic E-state index is 0.158. The lowest BCUT2D eigenvalue weighted by Gasteiger charge is -2.24. The zero-order valence-electron chi connectivity index (χ0n) is 12.0. The van der Waals surface area contributed by atoms with Gasteiger partial charge in [0.15, 0.2) is 0 Å². The fourth-order valence-corrected chi connectivity index (χ4v) is 2.91.